The van der Waals surface area contributed by atoms with E-state index in [0.717, 1.165) is 12.6 Å². The highest BCUT2D eigenvalue weighted by molar-refractivity contribution is 4.94. The fraction of sp³-hybridized carbons (Fsp3) is 1.00. The molecule has 0 aromatic carbocycles. The van der Waals surface area contributed by atoms with Gasteiger partial charge in [-0.25, -0.2) is 0 Å². The Morgan fingerprint density at radius 1 is 1.19 bits per heavy atom. The summed E-state index contributed by atoms with van der Waals surface area (Å²) in [6.07, 6.45) is 12.1. The first-order valence-corrected chi connectivity index (χ1v) is 7.26. The minimum atomic E-state index is 0.147. The van der Waals surface area contributed by atoms with E-state index in [0.29, 0.717) is 0 Å². The minimum Gasteiger partial charge on any atom is -0.324 e. The normalized spacial score (nSPS) is 24.9. The number of nitrogens with zero attached hydrogens (tertiary/aromatic N) is 1. The van der Waals surface area contributed by atoms with Gasteiger partial charge >= 0.3 is 0 Å². The molecule has 2 fully saturated rings. The van der Waals surface area contributed by atoms with Crippen molar-refractivity contribution in [2.75, 3.05) is 13.1 Å². The molecule has 0 bridgehead atoms. The Morgan fingerprint density at radius 3 is 2.44 bits per heavy atom. The van der Waals surface area contributed by atoms with Crippen molar-refractivity contribution in [2.45, 2.75) is 76.3 Å². The maximum atomic E-state index is 6.56. The van der Waals surface area contributed by atoms with Gasteiger partial charge in [0.2, 0.25) is 0 Å². The van der Waals surface area contributed by atoms with Crippen LogP contribution in [-0.2, 0) is 0 Å². The molecule has 2 aliphatic rings. The predicted molar refractivity (Wildman–Crippen MR) is 69.5 cm³/mol. The van der Waals surface area contributed by atoms with Crippen LogP contribution in [0, 0.1) is 0 Å². The molecule has 0 amide bonds. The zero-order chi connectivity index (χ0) is 11.4. The first-order chi connectivity index (χ1) is 7.73. The van der Waals surface area contributed by atoms with Crippen molar-refractivity contribution in [1.29, 1.82) is 0 Å². The molecule has 0 spiro atoms. The lowest BCUT2D eigenvalue weighted by Crippen LogP contribution is -2.52. The average Bonchev–Trinajstić information content (AvgIpc) is 3.09. The molecule has 2 saturated carbocycles. The standard InChI is InChI=1S/C14H28N2/c1-2-3-11-16(13-7-8-13)12-14(15)9-5-4-6-10-14/h13H,2-12,15H2,1H3. The van der Waals surface area contributed by atoms with E-state index in [-0.39, 0.29) is 5.54 Å². The highest BCUT2D eigenvalue weighted by atomic mass is 15.2. The molecule has 0 aromatic heterocycles. The first-order valence-electron chi connectivity index (χ1n) is 7.26. The van der Waals surface area contributed by atoms with E-state index in [1.165, 1.54) is 64.3 Å². The molecule has 0 unspecified atom stereocenters. The minimum absolute atomic E-state index is 0.147. The lowest BCUT2D eigenvalue weighted by Gasteiger charge is -2.38. The molecule has 94 valence electrons. The Labute approximate surface area is 101 Å². The zero-order valence-corrected chi connectivity index (χ0v) is 10.9. The van der Waals surface area contributed by atoms with Crippen LogP contribution in [0.5, 0.6) is 0 Å². The Balaban J connectivity index is 1.83. The van der Waals surface area contributed by atoms with Crippen molar-refractivity contribution in [2.24, 2.45) is 5.73 Å². The third kappa shape index (κ3) is 3.46. The predicted octanol–water partition coefficient (Wildman–Crippen LogP) is 2.91. The van der Waals surface area contributed by atoms with Crippen molar-refractivity contribution in [3.05, 3.63) is 0 Å². The van der Waals surface area contributed by atoms with Gasteiger partial charge in [0.05, 0.1) is 0 Å². The molecule has 0 saturated heterocycles. The molecule has 16 heavy (non-hydrogen) atoms. The Hall–Kier alpha value is -0.0800. The summed E-state index contributed by atoms with van der Waals surface area (Å²) in [5.41, 5.74) is 6.70. The molecule has 2 heteroatoms. The Morgan fingerprint density at radius 2 is 1.88 bits per heavy atom. The van der Waals surface area contributed by atoms with Crippen molar-refractivity contribution >= 4 is 0 Å². The monoisotopic (exact) mass is 224 g/mol. The molecule has 0 aliphatic heterocycles. The lowest BCUT2D eigenvalue weighted by molar-refractivity contribution is 0.163. The second kappa shape index (κ2) is 5.50. The maximum absolute atomic E-state index is 6.56. The van der Waals surface area contributed by atoms with Gasteiger partial charge in [0.25, 0.3) is 0 Å². The number of hydrogen-bond donors (Lipinski definition) is 1. The molecule has 0 atom stereocenters. The summed E-state index contributed by atoms with van der Waals surface area (Å²) in [5, 5.41) is 0. The highest BCUT2D eigenvalue weighted by Gasteiger charge is 2.35. The van der Waals surface area contributed by atoms with E-state index < -0.39 is 0 Å². The largest absolute Gasteiger partial charge is 0.324 e. The second-order valence-corrected chi connectivity index (χ2v) is 5.98. The van der Waals surface area contributed by atoms with E-state index in [1.807, 2.05) is 0 Å². The summed E-state index contributed by atoms with van der Waals surface area (Å²) in [5.74, 6) is 0. The third-order valence-corrected chi connectivity index (χ3v) is 4.23. The molecule has 0 radical (unpaired) electrons. The number of hydrogen-bond acceptors (Lipinski definition) is 2. The second-order valence-electron chi connectivity index (χ2n) is 5.98. The van der Waals surface area contributed by atoms with Crippen LogP contribution in [-0.4, -0.2) is 29.6 Å². The van der Waals surface area contributed by atoms with Crippen LogP contribution in [0.3, 0.4) is 0 Å². The van der Waals surface area contributed by atoms with Gasteiger partial charge in [0.1, 0.15) is 0 Å². The van der Waals surface area contributed by atoms with Crippen molar-refractivity contribution < 1.29 is 0 Å². The molecule has 2 N–H and O–H groups in total. The van der Waals surface area contributed by atoms with Crippen molar-refractivity contribution in [3.8, 4) is 0 Å². The maximum Gasteiger partial charge on any atom is 0.0283 e. The van der Waals surface area contributed by atoms with Gasteiger partial charge in [0.15, 0.2) is 0 Å². The fourth-order valence-electron chi connectivity index (χ4n) is 3.01. The summed E-state index contributed by atoms with van der Waals surface area (Å²) in [6.45, 7) is 4.72. The Kier molecular flexibility index (Phi) is 4.26. The van der Waals surface area contributed by atoms with E-state index >= 15 is 0 Å². The van der Waals surface area contributed by atoms with Gasteiger partial charge in [-0.2, -0.15) is 0 Å². The smallest absolute Gasteiger partial charge is 0.0283 e. The lowest BCUT2D eigenvalue weighted by atomic mass is 9.82. The number of unbranched alkanes of at least 4 members (excludes halogenated alkanes) is 1. The highest BCUT2D eigenvalue weighted by Crippen LogP contribution is 2.32. The van der Waals surface area contributed by atoms with Crippen molar-refractivity contribution in [3.63, 3.8) is 0 Å². The van der Waals surface area contributed by atoms with E-state index in [4.69, 9.17) is 5.73 Å². The molecule has 0 heterocycles. The summed E-state index contributed by atoms with van der Waals surface area (Å²) in [4.78, 5) is 2.69. The fourth-order valence-corrected chi connectivity index (χ4v) is 3.01. The molecule has 2 nitrogen and oxygen atoms in total. The molecular formula is C14H28N2. The van der Waals surface area contributed by atoms with Crippen LogP contribution in [0.4, 0.5) is 0 Å². The third-order valence-electron chi connectivity index (χ3n) is 4.23. The number of rotatable bonds is 6. The molecule has 2 rings (SSSR count). The van der Waals surface area contributed by atoms with Crippen LogP contribution in [0.1, 0.15) is 64.7 Å². The van der Waals surface area contributed by atoms with Crippen molar-refractivity contribution in [1.82, 2.24) is 4.90 Å². The quantitative estimate of drug-likeness (QED) is 0.751. The Bertz CT molecular complexity index is 205. The first kappa shape index (κ1) is 12.4. The van der Waals surface area contributed by atoms with Gasteiger partial charge in [0, 0.05) is 18.1 Å². The van der Waals surface area contributed by atoms with Crippen LogP contribution in [0.25, 0.3) is 0 Å². The summed E-state index contributed by atoms with van der Waals surface area (Å²) in [6, 6.07) is 0.883. The molecule has 0 aromatic rings. The van der Waals surface area contributed by atoms with Gasteiger partial charge in [-0.15, -0.1) is 0 Å². The number of nitrogens with two attached hydrogens (primary N) is 1. The SMILES string of the molecule is CCCCN(CC1(N)CCCCC1)C1CC1. The van der Waals surface area contributed by atoms with E-state index in [1.54, 1.807) is 0 Å². The van der Waals surface area contributed by atoms with Gasteiger partial charge in [-0.1, -0.05) is 32.6 Å². The van der Waals surface area contributed by atoms with Crippen LogP contribution < -0.4 is 5.73 Å². The summed E-state index contributed by atoms with van der Waals surface area (Å²) >= 11 is 0. The van der Waals surface area contributed by atoms with Gasteiger partial charge < -0.3 is 5.73 Å². The topological polar surface area (TPSA) is 29.3 Å². The van der Waals surface area contributed by atoms with Crippen LogP contribution >= 0.6 is 0 Å². The zero-order valence-electron chi connectivity index (χ0n) is 10.9. The molecule has 2 aliphatic carbocycles. The average molecular weight is 224 g/mol. The summed E-state index contributed by atoms with van der Waals surface area (Å²) < 4.78 is 0. The van der Waals surface area contributed by atoms with Crippen LogP contribution in [0.2, 0.25) is 0 Å². The van der Waals surface area contributed by atoms with Gasteiger partial charge in [-0.3, -0.25) is 4.90 Å². The van der Waals surface area contributed by atoms with E-state index in [9.17, 15) is 0 Å². The van der Waals surface area contributed by atoms with E-state index in [2.05, 4.69) is 11.8 Å². The summed E-state index contributed by atoms with van der Waals surface area (Å²) in [7, 11) is 0. The van der Waals surface area contributed by atoms with Gasteiger partial charge in [-0.05, 0) is 38.6 Å². The van der Waals surface area contributed by atoms with Crippen LogP contribution in [0.15, 0.2) is 0 Å². The molecular weight excluding hydrogens is 196 g/mol.